The minimum atomic E-state index is -0.441. The number of rotatable bonds is 5. The molecule has 5 heteroatoms. The second kappa shape index (κ2) is 7.13. The normalized spacial score (nSPS) is 10.2. The summed E-state index contributed by atoms with van der Waals surface area (Å²) in [6.45, 7) is 2.44. The van der Waals surface area contributed by atoms with E-state index in [4.69, 9.17) is 15.2 Å². The van der Waals surface area contributed by atoms with E-state index < -0.39 is 5.97 Å². The maximum absolute atomic E-state index is 11.8. The van der Waals surface area contributed by atoms with Gasteiger partial charge in [-0.25, -0.2) is 4.79 Å². The van der Waals surface area contributed by atoms with Crippen LogP contribution in [0.2, 0.25) is 0 Å². The highest BCUT2D eigenvalue weighted by Crippen LogP contribution is 2.26. The molecule has 0 saturated carbocycles. The highest BCUT2D eigenvalue weighted by Gasteiger charge is 2.14. The fourth-order valence-corrected chi connectivity index (χ4v) is 2.06. The number of halogens is 1. The predicted molar refractivity (Wildman–Crippen MR) is 85.3 cm³/mol. The number of nitrogens with two attached hydrogens (primary N) is 1. The van der Waals surface area contributed by atoms with Crippen LogP contribution in [0.25, 0.3) is 0 Å². The first-order valence-electron chi connectivity index (χ1n) is 6.54. The summed E-state index contributed by atoms with van der Waals surface area (Å²) < 4.78 is 11.7. The van der Waals surface area contributed by atoms with Crippen molar-refractivity contribution in [3.8, 4) is 5.75 Å². The lowest BCUT2D eigenvalue weighted by Gasteiger charge is -2.12. The average Bonchev–Trinajstić information content (AvgIpc) is 2.48. The fourth-order valence-electron chi connectivity index (χ4n) is 1.80. The average molecular weight is 350 g/mol. The molecule has 0 bridgehead atoms. The van der Waals surface area contributed by atoms with Crippen molar-refractivity contribution in [2.75, 3.05) is 12.3 Å². The molecule has 0 heterocycles. The van der Waals surface area contributed by atoms with Gasteiger partial charge in [0.25, 0.3) is 0 Å². The first kappa shape index (κ1) is 15.4. The number of para-hydroxylation sites is 1. The lowest BCUT2D eigenvalue weighted by molar-refractivity contribution is 0.0527. The number of nitrogen functional groups attached to an aromatic ring is 1. The van der Waals surface area contributed by atoms with Crippen molar-refractivity contribution >= 4 is 27.6 Å². The highest BCUT2D eigenvalue weighted by atomic mass is 79.9. The molecule has 2 N–H and O–H groups in total. The smallest absolute Gasteiger partial charge is 0.340 e. The Morgan fingerprint density at radius 2 is 1.90 bits per heavy atom. The standard InChI is InChI=1S/C16H16BrNO3/c1-2-20-16(19)13-4-3-5-14(15(13)18)21-10-11-6-8-12(17)9-7-11/h3-9H,2,10,18H2,1H3. The number of hydrogen-bond acceptors (Lipinski definition) is 4. The summed E-state index contributed by atoms with van der Waals surface area (Å²) in [7, 11) is 0. The zero-order valence-corrected chi connectivity index (χ0v) is 13.2. The van der Waals surface area contributed by atoms with Gasteiger partial charge in [0.05, 0.1) is 17.9 Å². The molecule has 21 heavy (non-hydrogen) atoms. The molecule has 0 fully saturated rings. The quantitative estimate of drug-likeness (QED) is 0.658. The van der Waals surface area contributed by atoms with Gasteiger partial charge in [0, 0.05) is 4.47 Å². The molecule has 0 saturated heterocycles. The van der Waals surface area contributed by atoms with Crippen LogP contribution in [0.3, 0.4) is 0 Å². The van der Waals surface area contributed by atoms with Gasteiger partial charge in [0.1, 0.15) is 12.4 Å². The molecular weight excluding hydrogens is 334 g/mol. The van der Waals surface area contributed by atoms with E-state index in [2.05, 4.69) is 15.9 Å². The van der Waals surface area contributed by atoms with Crippen LogP contribution in [0, 0.1) is 0 Å². The van der Waals surface area contributed by atoms with E-state index >= 15 is 0 Å². The molecule has 0 aliphatic rings. The second-order valence-corrected chi connectivity index (χ2v) is 5.27. The van der Waals surface area contributed by atoms with Crippen LogP contribution in [0.5, 0.6) is 5.75 Å². The molecular formula is C16H16BrNO3. The molecule has 0 spiro atoms. The molecule has 0 radical (unpaired) electrons. The number of anilines is 1. The Bertz CT molecular complexity index is 626. The van der Waals surface area contributed by atoms with E-state index in [-0.39, 0.29) is 0 Å². The van der Waals surface area contributed by atoms with Crippen LogP contribution in [0.4, 0.5) is 5.69 Å². The van der Waals surface area contributed by atoms with Gasteiger partial charge >= 0.3 is 5.97 Å². The van der Waals surface area contributed by atoms with Gasteiger partial charge in [0.15, 0.2) is 0 Å². The molecule has 0 amide bonds. The molecule has 4 nitrogen and oxygen atoms in total. The number of ether oxygens (including phenoxy) is 2. The van der Waals surface area contributed by atoms with Gasteiger partial charge in [-0.05, 0) is 36.8 Å². The zero-order valence-electron chi connectivity index (χ0n) is 11.6. The Morgan fingerprint density at radius 3 is 2.57 bits per heavy atom. The van der Waals surface area contributed by atoms with E-state index in [1.54, 1.807) is 25.1 Å². The molecule has 0 aliphatic carbocycles. The van der Waals surface area contributed by atoms with Crippen molar-refractivity contribution in [3.63, 3.8) is 0 Å². The Labute approximate surface area is 132 Å². The SMILES string of the molecule is CCOC(=O)c1cccc(OCc2ccc(Br)cc2)c1N. The molecule has 0 unspecified atom stereocenters. The minimum Gasteiger partial charge on any atom is -0.487 e. The first-order valence-corrected chi connectivity index (χ1v) is 7.34. The van der Waals surface area contributed by atoms with Crippen molar-refractivity contribution in [3.05, 3.63) is 58.1 Å². The molecule has 0 aromatic heterocycles. The van der Waals surface area contributed by atoms with Crippen LogP contribution in [-0.4, -0.2) is 12.6 Å². The Morgan fingerprint density at radius 1 is 1.19 bits per heavy atom. The van der Waals surface area contributed by atoms with Gasteiger partial charge in [-0.1, -0.05) is 34.1 Å². The van der Waals surface area contributed by atoms with Gasteiger partial charge in [-0.15, -0.1) is 0 Å². The van der Waals surface area contributed by atoms with Gasteiger partial charge < -0.3 is 15.2 Å². The monoisotopic (exact) mass is 349 g/mol. The van der Waals surface area contributed by atoms with E-state index in [9.17, 15) is 4.79 Å². The maximum atomic E-state index is 11.8. The number of hydrogen-bond donors (Lipinski definition) is 1. The number of esters is 1. The van der Waals surface area contributed by atoms with E-state index in [1.165, 1.54) is 0 Å². The van der Waals surface area contributed by atoms with E-state index in [0.717, 1.165) is 10.0 Å². The minimum absolute atomic E-state index is 0.299. The van der Waals surface area contributed by atoms with Crippen molar-refractivity contribution in [1.82, 2.24) is 0 Å². The van der Waals surface area contributed by atoms with Crippen molar-refractivity contribution in [2.45, 2.75) is 13.5 Å². The van der Waals surface area contributed by atoms with Gasteiger partial charge in [-0.2, -0.15) is 0 Å². The molecule has 110 valence electrons. The Hall–Kier alpha value is -2.01. The second-order valence-electron chi connectivity index (χ2n) is 4.35. The summed E-state index contributed by atoms with van der Waals surface area (Å²) >= 11 is 3.38. The van der Waals surface area contributed by atoms with Crippen LogP contribution in [-0.2, 0) is 11.3 Å². The Kier molecular flexibility index (Phi) is 5.22. The lowest BCUT2D eigenvalue weighted by Crippen LogP contribution is -2.09. The predicted octanol–water partition coefficient (Wildman–Crippen LogP) is 3.79. The maximum Gasteiger partial charge on any atom is 0.340 e. The Balaban J connectivity index is 2.11. The molecule has 2 aromatic carbocycles. The zero-order chi connectivity index (χ0) is 15.2. The molecule has 2 aromatic rings. The van der Waals surface area contributed by atoms with E-state index in [1.807, 2.05) is 24.3 Å². The number of carbonyl (C=O) groups excluding carboxylic acids is 1. The summed E-state index contributed by atoms with van der Waals surface area (Å²) in [5.41, 5.74) is 7.61. The fraction of sp³-hybridized carbons (Fsp3) is 0.188. The summed E-state index contributed by atoms with van der Waals surface area (Å²) in [6.07, 6.45) is 0. The van der Waals surface area contributed by atoms with Crippen molar-refractivity contribution in [1.29, 1.82) is 0 Å². The van der Waals surface area contributed by atoms with Crippen LogP contribution >= 0.6 is 15.9 Å². The van der Waals surface area contributed by atoms with Gasteiger partial charge in [0.2, 0.25) is 0 Å². The van der Waals surface area contributed by atoms with Crippen molar-refractivity contribution < 1.29 is 14.3 Å². The number of benzene rings is 2. The molecule has 2 rings (SSSR count). The topological polar surface area (TPSA) is 61.5 Å². The third-order valence-electron chi connectivity index (χ3n) is 2.87. The summed E-state index contributed by atoms with van der Waals surface area (Å²) in [5.74, 6) is 0.0348. The van der Waals surface area contributed by atoms with Gasteiger partial charge in [-0.3, -0.25) is 0 Å². The largest absolute Gasteiger partial charge is 0.487 e. The summed E-state index contributed by atoms with van der Waals surface area (Å²) in [6, 6.07) is 12.9. The van der Waals surface area contributed by atoms with E-state index in [0.29, 0.717) is 30.2 Å². The van der Waals surface area contributed by atoms with Crippen LogP contribution < -0.4 is 10.5 Å². The number of carbonyl (C=O) groups is 1. The van der Waals surface area contributed by atoms with Crippen LogP contribution in [0.15, 0.2) is 46.9 Å². The third-order valence-corrected chi connectivity index (χ3v) is 3.40. The van der Waals surface area contributed by atoms with Crippen LogP contribution in [0.1, 0.15) is 22.8 Å². The highest BCUT2D eigenvalue weighted by molar-refractivity contribution is 9.10. The third kappa shape index (κ3) is 3.98. The first-order chi connectivity index (χ1) is 10.1. The summed E-state index contributed by atoms with van der Waals surface area (Å²) in [5, 5.41) is 0. The molecule has 0 aliphatic heterocycles. The molecule has 0 atom stereocenters. The lowest BCUT2D eigenvalue weighted by atomic mass is 10.1. The summed E-state index contributed by atoms with van der Waals surface area (Å²) in [4.78, 5) is 11.8. The van der Waals surface area contributed by atoms with Crippen molar-refractivity contribution in [2.24, 2.45) is 0 Å².